The Morgan fingerprint density at radius 3 is 2.93 bits per heavy atom. The minimum absolute atomic E-state index is 0.524. The van der Waals surface area contributed by atoms with Gasteiger partial charge < -0.3 is 10.2 Å². The first-order valence-corrected chi connectivity index (χ1v) is 5.78. The molecular formula is C11H20N4. The van der Waals surface area contributed by atoms with Gasteiger partial charge in [-0.3, -0.25) is 5.10 Å². The van der Waals surface area contributed by atoms with Crippen molar-refractivity contribution in [2.24, 2.45) is 0 Å². The van der Waals surface area contributed by atoms with Gasteiger partial charge in [0.15, 0.2) is 5.82 Å². The molecule has 15 heavy (non-hydrogen) atoms. The first kappa shape index (κ1) is 10.5. The number of aromatic amines is 1. The van der Waals surface area contributed by atoms with E-state index in [4.69, 9.17) is 0 Å². The van der Waals surface area contributed by atoms with Gasteiger partial charge in [-0.1, -0.05) is 13.8 Å². The Hall–Kier alpha value is -1.03. The highest BCUT2D eigenvalue weighted by molar-refractivity contribution is 5.40. The van der Waals surface area contributed by atoms with Gasteiger partial charge in [-0.25, -0.2) is 0 Å². The number of nitrogens with one attached hydrogen (secondary N) is 2. The fraction of sp³-hybridized carbons (Fsp3) is 0.727. The van der Waals surface area contributed by atoms with Gasteiger partial charge in [-0.15, -0.1) is 0 Å². The summed E-state index contributed by atoms with van der Waals surface area (Å²) in [6.45, 7) is 8.71. The van der Waals surface area contributed by atoms with Crippen LogP contribution in [-0.4, -0.2) is 36.4 Å². The Morgan fingerprint density at radius 2 is 2.20 bits per heavy atom. The highest BCUT2D eigenvalue weighted by Gasteiger charge is 2.13. The Kier molecular flexibility index (Phi) is 3.26. The van der Waals surface area contributed by atoms with Crippen molar-refractivity contribution < 1.29 is 0 Å². The summed E-state index contributed by atoms with van der Waals surface area (Å²) in [5.74, 6) is 1.62. The van der Waals surface area contributed by atoms with Gasteiger partial charge in [0.25, 0.3) is 0 Å². The summed E-state index contributed by atoms with van der Waals surface area (Å²) in [6.07, 6.45) is 1.20. The molecule has 1 aromatic rings. The van der Waals surface area contributed by atoms with Crippen LogP contribution < -0.4 is 10.2 Å². The average molecular weight is 208 g/mol. The molecule has 1 saturated heterocycles. The van der Waals surface area contributed by atoms with Gasteiger partial charge in [-0.2, -0.15) is 5.10 Å². The minimum Gasteiger partial charge on any atom is -0.354 e. The molecule has 4 heteroatoms. The highest BCUT2D eigenvalue weighted by atomic mass is 15.3. The second kappa shape index (κ2) is 4.66. The minimum atomic E-state index is 0.524. The molecule has 1 fully saturated rings. The summed E-state index contributed by atoms with van der Waals surface area (Å²) in [5, 5.41) is 10.9. The molecule has 2 heterocycles. The lowest BCUT2D eigenvalue weighted by Crippen LogP contribution is -2.28. The fourth-order valence-corrected chi connectivity index (χ4v) is 1.86. The third-order valence-electron chi connectivity index (χ3n) is 2.87. The van der Waals surface area contributed by atoms with Crippen LogP contribution in [0.25, 0.3) is 0 Å². The maximum Gasteiger partial charge on any atom is 0.150 e. The maximum atomic E-state index is 4.38. The largest absolute Gasteiger partial charge is 0.354 e. The molecule has 0 bridgehead atoms. The molecule has 1 aliphatic heterocycles. The predicted molar refractivity (Wildman–Crippen MR) is 62.4 cm³/mol. The number of hydrogen-bond acceptors (Lipinski definition) is 3. The van der Waals surface area contributed by atoms with Gasteiger partial charge in [-0.05, 0) is 18.9 Å². The Labute approximate surface area is 91.1 Å². The van der Waals surface area contributed by atoms with Crippen LogP contribution in [0.1, 0.15) is 31.9 Å². The summed E-state index contributed by atoms with van der Waals surface area (Å²) in [7, 11) is 0. The summed E-state index contributed by atoms with van der Waals surface area (Å²) in [4.78, 5) is 2.35. The Morgan fingerprint density at radius 1 is 1.33 bits per heavy atom. The van der Waals surface area contributed by atoms with Crippen LogP contribution >= 0.6 is 0 Å². The third kappa shape index (κ3) is 2.50. The van der Waals surface area contributed by atoms with E-state index in [9.17, 15) is 0 Å². The number of rotatable bonds is 2. The molecule has 0 saturated carbocycles. The standard InChI is InChI=1S/C11H20N4/c1-9(2)10-8-11(14-13-10)15-6-3-4-12-5-7-15/h8-9,12H,3-7H2,1-2H3,(H,13,14). The van der Waals surface area contributed by atoms with Crippen LogP contribution in [0.15, 0.2) is 6.07 Å². The molecule has 2 N–H and O–H groups in total. The van der Waals surface area contributed by atoms with E-state index in [0.29, 0.717) is 5.92 Å². The zero-order valence-electron chi connectivity index (χ0n) is 9.58. The van der Waals surface area contributed by atoms with Gasteiger partial charge in [0.05, 0.1) is 0 Å². The van der Waals surface area contributed by atoms with Crippen LogP contribution in [0.3, 0.4) is 0 Å². The van der Waals surface area contributed by atoms with E-state index in [1.54, 1.807) is 0 Å². The molecule has 4 nitrogen and oxygen atoms in total. The molecule has 2 rings (SSSR count). The normalized spacial score (nSPS) is 18.2. The maximum absolute atomic E-state index is 4.38. The number of hydrogen-bond donors (Lipinski definition) is 2. The van der Waals surface area contributed by atoms with Crippen molar-refractivity contribution in [1.29, 1.82) is 0 Å². The molecular weight excluding hydrogens is 188 g/mol. The molecule has 0 atom stereocenters. The van der Waals surface area contributed by atoms with Crippen molar-refractivity contribution in [2.75, 3.05) is 31.1 Å². The molecule has 0 aromatic carbocycles. The van der Waals surface area contributed by atoms with E-state index < -0.39 is 0 Å². The van der Waals surface area contributed by atoms with Gasteiger partial charge >= 0.3 is 0 Å². The highest BCUT2D eigenvalue weighted by Crippen LogP contribution is 2.18. The number of nitrogens with zero attached hydrogens (tertiary/aromatic N) is 2. The SMILES string of the molecule is CC(C)c1cc(N2CCCNCC2)n[nH]1. The smallest absolute Gasteiger partial charge is 0.150 e. The zero-order valence-corrected chi connectivity index (χ0v) is 9.58. The Bertz CT molecular complexity index is 297. The molecule has 1 aromatic heterocycles. The Balaban J connectivity index is 2.06. The number of anilines is 1. The van der Waals surface area contributed by atoms with Crippen LogP contribution in [0, 0.1) is 0 Å². The van der Waals surface area contributed by atoms with E-state index in [1.807, 2.05) is 0 Å². The summed E-state index contributed by atoms with van der Waals surface area (Å²) in [6, 6.07) is 2.18. The van der Waals surface area contributed by atoms with Crippen molar-refractivity contribution >= 4 is 5.82 Å². The second-order valence-electron chi connectivity index (χ2n) is 4.43. The molecule has 0 aliphatic carbocycles. The molecule has 0 spiro atoms. The predicted octanol–water partition coefficient (Wildman–Crippen LogP) is 1.33. The summed E-state index contributed by atoms with van der Waals surface area (Å²) in [5.41, 5.74) is 1.22. The lowest BCUT2D eigenvalue weighted by atomic mass is 10.1. The zero-order chi connectivity index (χ0) is 10.7. The first-order valence-electron chi connectivity index (χ1n) is 5.78. The molecule has 84 valence electrons. The van der Waals surface area contributed by atoms with E-state index in [-0.39, 0.29) is 0 Å². The van der Waals surface area contributed by atoms with Crippen LogP contribution in [0.4, 0.5) is 5.82 Å². The van der Waals surface area contributed by atoms with Crippen molar-refractivity contribution in [3.05, 3.63) is 11.8 Å². The summed E-state index contributed by atoms with van der Waals surface area (Å²) >= 11 is 0. The molecule has 0 amide bonds. The van der Waals surface area contributed by atoms with E-state index in [2.05, 4.69) is 40.3 Å². The van der Waals surface area contributed by atoms with Gasteiger partial charge in [0.1, 0.15) is 0 Å². The lowest BCUT2D eigenvalue weighted by molar-refractivity contribution is 0.724. The lowest BCUT2D eigenvalue weighted by Gasteiger charge is -2.18. The van der Waals surface area contributed by atoms with Crippen LogP contribution in [-0.2, 0) is 0 Å². The number of aromatic nitrogens is 2. The quantitative estimate of drug-likeness (QED) is 0.770. The van der Waals surface area contributed by atoms with E-state index in [1.165, 1.54) is 12.1 Å². The fourth-order valence-electron chi connectivity index (χ4n) is 1.86. The average Bonchev–Trinajstić information content (AvgIpc) is 2.55. The topological polar surface area (TPSA) is 44.0 Å². The molecule has 1 aliphatic rings. The van der Waals surface area contributed by atoms with Crippen molar-refractivity contribution in [2.45, 2.75) is 26.2 Å². The monoisotopic (exact) mass is 208 g/mol. The van der Waals surface area contributed by atoms with Gasteiger partial charge in [0.2, 0.25) is 0 Å². The van der Waals surface area contributed by atoms with Crippen molar-refractivity contribution in [3.8, 4) is 0 Å². The second-order valence-corrected chi connectivity index (χ2v) is 4.43. The van der Waals surface area contributed by atoms with Crippen molar-refractivity contribution in [3.63, 3.8) is 0 Å². The van der Waals surface area contributed by atoms with Gasteiger partial charge in [0, 0.05) is 31.4 Å². The van der Waals surface area contributed by atoms with Crippen molar-refractivity contribution in [1.82, 2.24) is 15.5 Å². The number of H-pyrrole nitrogens is 1. The first-order chi connectivity index (χ1) is 7.27. The molecule has 0 radical (unpaired) electrons. The van der Waals surface area contributed by atoms with Crippen LogP contribution in [0.5, 0.6) is 0 Å². The van der Waals surface area contributed by atoms with E-state index >= 15 is 0 Å². The third-order valence-corrected chi connectivity index (χ3v) is 2.87. The van der Waals surface area contributed by atoms with Crippen LogP contribution in [0.2, 0.25) is 0 Å². The van der Waals surface area contributed by atoms with E-state index in [0.717, 1.165) is 32.0 Å². The summed E-state index contributed by atoms with van der Waals surface area (Å²) < 4.78 is 0. The molecule has 0 unspecified atom stereocenters.